The van der Waals surface area contributed by atoms with Gasteiger partial charge in [0.15, 0.2) is 0 Å². The molecule has 0 aliphatic carbocycles. The summed E-state index contributed by atoms with van der Waals surface area (Å²) in [5.41, 5.74) is 3.35. The first-order valence-corrected chi connectivity index (χ1v) is 11.4. The van der Waals surface area contributed by atoms with Gasteiger partial charge < -0.3 is 5.32 Å². The molecule has 2 aromatic rings. The number of hydrogen-bond acceptors (Lipinski definition) is 3. The second-order valence-electron chi connectivity index (χ2n) is 6.67. The number of amides is 1. The number of anilines is 1. The Morgan fingerprint density at radius 1 is 1.14 bits per heavy atom. The molecule has 8 heteroatoms. The molecule has 28 heavy (non-hydrogen) atoms. The van der Waals surface area contributed by atoms with Crippen LogP contribution in [0.5, 0.6) is 0 Å². The van der Waals surface area contributed by atoms with E-state index >= 15 is 0 Å². The summed E-state index contributed by atoms with van der Waals surface area (Å²) in [5, 5.41) is 3.82. The van der Waals surface area contributed by atoms with Crippen LogP contribution in [-0.4, -0.2) is 27.1 Å². The molecule has 2 aromatic carbocycles. The number of halogens is 2. The average Bonchev–Trinajstić information content (AvgIpc) is 2.60. The maximum atomic E-state index is 12.2. The average molecular weight is 443 g/mol. The minimum absolute atomic E-state index is 0.166. The topological polar surface area (TPSA) is 66.5 Å². The zero-order valence-corrected chi connectivity index (χ0v) is 18.5. The first-order chi connectivity index (χ1) is 13.1. The zero-order valence-electron chi connectivity index (χ0n) is 16.1. The first-order valence-electron chi connectivity index (χ1n) is 8.84. The van der Waals surface area contributed by atoms with Gasteiger partial charge in [-0.05, 0) is 55.2 Å². The Bertz CT molecular complexity index is 962. The van der Waals surface area contributed by atoms with Crippen molar-refractivity contribution < 1.29 is 13.2 Å². The molecule has 0 aromatic heterocycles. The maximum absolute atomic E-state index is 12.2. The Morgan fingerprint density at radius 2 is 1.86 bits per heavy atom. The third kappa shape index (κ3) is 6.12. The highest BCUT2D eigenvalue weighted by Gasteiger charge is 2.19. The quantitative estimate of drug-likeness (QED) is 0.655. The number of aryl methyl sites for hydroxylation is 1. The summed E-state index contributed by atoms with van der Waals surface area (Å²) in [5.74, 6) is -0.166. The van der Waals surface area contributed by atoms with E-state index in [0.717, 1.165) is 16.7 Å². The minimum Gasteiger partial charge on any atom is -0.352 e. The van der Waals surface area contributed by atoms with Crippen LogP contribution in [0.3, 0.4) is 0 Å². The molecular weight excluding hydrogens is 419 g/mol. The van der Waals surface area contributed by atoms with Crippen molar-refractivity contribution in [1.82, 2.24) is 5.32 Å². The molecule has 0 spiro atoms. The molecule has 1 N–H and O–H groups in total. The van der Waals surface area contributed by atoms with Gasteiger partial charge in [-0.2, -0.15) is 0 Å². The van der Waals surface area contributed by atoms with E-state index in [0.29, 0.717) is 28.7 Å². The van der Waals surface area contributed by atoms with Gasteiger partial charge in [0.1, 0.15) is 0 Å². The van der Waals surface area contributed by atoms with Gasteiger partial charge in [0.05, 0.1) is 11.9 Å². The second kappa shape index (κ2) is 9.63. The Kier molecular flexibility index (Phi) is 7.75. The van der Waals surface area contributed by atoms with Crippen molar-refractivity contribution in [3.8, 4) is 0 Å². The van der Waals surface area contributed by atoms with Gasteiger partial charge in [0, 0.05) is 29.6 Å². The largest absolute Gasteiger partial charge is 0.352 e. The predicted octanol–water partition coefficient (Wildman–Crippen LogP) is 4.47. The molecule has 2 rings (SSSR count). The second-order valence-corrected chi connectivity index (χ2v) is 9.42. The van der Waals surface area contributed by atoms with Crippen LogP contribution in [0.4, 0.5) is 5.69 Å². The lowest BCUT2D eigenvalue weighted by atomic mass is 10.1. The normalized spacial score (nSPS) is 11.3. The molecule has 0 heterocycles. The molecule has 0 bridgehead atoms. The number of benzene rings is 2. The molecule has 152 valence electrons. The van der Waals surface area contributed by atoms with Crippen molar-refractivity contribution in [1.29, 1.82) is 0 Å². The Labute approximate surface area is 176 Å². The van der Waals surface area contributed by atoms with Gasteiger partial charge in [-0.15, -0.1) is 0 Å². The van der Waals surface area contributed by atoms with Crippen molar-refractivity contribution >= 4 is 44.8 Å². The molecule has 0 fully saturated rings. The highest BCUT2D eigenvalue weighted by molar-refractivity contribution is 7.92. The molecule has 0 aliphatic rings. The number of carbonyl (C=O) groups excluding carboxylic acids is 1. The monoisotopic (exact) mass is 442 g/mol. The van der Waals surface area contributed by atoms with E-state index in [1.807, 2.05) is 26.0 Å². The molecule has 1 amide bonds. The standard InChI is InChI=1S/C20H24Cl2N2O3S/c1-14-6-4-7-19(15(14)2)24(28(3,26)27)11-5-8-20(25)23-13-16-9-10-17(21)12-18(16)22/h4,6-7,9-10,12H,5,8,11,13H2,1-3H3,(H,23,25). The zero-order chi connectivity index (χ0) is 20.9. The fourth-order valence-electron chi connectivity index (χ4n) is 2.80. The van der Waals surface area contributed by atoms with Gasteiger partial charge in [-0.25, -0.2) is 8.42 Å². The van der Waals surface area contributed by atoms with E-state index < -0.39 is 10.0 Å². The van der Waals surface area contributed by atoms with Gasteiger partial charge in [-0.3, -0.25) is 9.10 Å². The van der Waals surface area contributed by atoms with Crippen molar-refractivity contribution in [3.05, 3.63) is 63.1 Å². The number of rotatable bonds is 8. The van der Waals surface area contributed by atoms with Crippen LogP contribution in [0.2, 0.25) is 10.0 Å². The van der Waals surface area contributed by atoms with Gasteiger partial charge in [0.25, 0.3) is 0 Å². The van der Waals surface area contributed by atoms with Crippen LogP contribution in [0, 0.1) is 13.8 Å². The highest BCUT2D eigenvalue weighted by atomic mass is 35.5. The van der Waals surface area contributed by atoms with Gasteiger partial charge >= 0.3 is 0 Å². The van der Waals surface area contributed by atoms with E-state index in [1.165, 1.54) is 10.6 Å². The molecule has 0 saturated carbocycles. The van der Waals surface area contributed by atoms with Crippen LogP contribution >= 0.6 is 23.2 Å². The van der Waals surface area contributed by atoms with E-state index in [2.05, 4.69) is 5.32 Å². The van der Waals surface area contributed by atoms with Gasteiger partial charge in [0.2, 0.25) is 15.9 Å². The SMILES string of the molecule is Cc1cccc(N(CCCC(=O)NCc2ccc(Cl)cc2Cl)S(C)(=O)=O)c1C. The van der Waals surface area contributed by atoms with E-state index in [9.17, 15) is 13.2 Å². The van der Waals surface area contributed by atoms with Crippen LogP contribution in [0.25, 0.3) is 0 Å². The van der Waals surface area contributed by atoms with Crippen LogP contribution in [0.1, 0.15) is 29.5 Å². The summed E-state index contributed by atoms with van der Waals surface area (Å²) < 4.78 is 25.9. The van der Waals surface area contributed by atoms with Crippen LogP contribution in [-0.2, 0) is 21.4 Å². The fourth-order valence-corrected chi connectivity index (χ4v) is 4.29. The fraction of sp³-hybridized carbons (Fsp3) is 0.350. The molecule has 0 unspecified atom stereocenters. The molecule has 0 atom stereocenters. The molecule has 0 aliphatic heterocycles. The Morgan fingerprint density at radius 3 is 2.50 bits per heavy atom. The summed E-state index contributed by atoms with van der Waals surface area (Å²) in [6.45, 7) is 4.36. The van der Waals surface area contributed by atoms with Gasteiger partial charge in [-0.1, -0.05) is 41.4 Å². The van der Waals surface area contributed by atoms with Crippen molar-refractivity contribution in [2.45, 2.75) is 33.2 Å². The summed E-state index contributed by atoms with van der Waals surface area (Å²) in [6.07, 6.45) is 1.79. The third-order valence-electron chi connectivity index (χ3n) is 4.50. The lowest BCUT2D eigenvalue weighted by Crippen LogP contribution is -2.32. The van der Waals surface area contributed by atoms with E-state index in [1.54, 1.807) is 24.3 Å². The summed E-state index contributed by atoms with van der Waals surface area (Å²) in [7, 11) is -3.45. The molecule has 0 radical (unpaired) electrons. The van der Waals surface area contributed by atoms with Crippen molar-refractivity contribution in [2.75, 3.05) is 17.1 Å². The van der Waals surface area contributed by atoms with E-state index in [-0.39, 0.29) is 18.9 Å². The van der Waals surface area contributed by atoms with Crippen molar-refractivity contribution in [2.24, 2.45) is 0 Å². The molecule has 5 nitrogen and oxygen atoms in total. The molecular formula is C20H24Cl2N2O3S. The number of nitrogens with one attached hydrogen (secondary N) is 1. The predicted molar refractivity (Wildman–Crippen MR) is 116 cm³/mol. The third-order valence-corrected chi connectivity index (χ3v) is 6.27. The number of carbonyl (C=O) groups is 1. The lowest BCUT2D eigenvalue weighted by Gasteiger charge is -2.24. The number of nitrogens with zero attached hydrogens (tertiary/aromatic N) is 1. The smallest absolute Gasteiger partial charge is 0.232 e. The van der Waals surface area contributed by atoms with E-state index in [4.69, 9.17) is 23.2 Å². The Balaban J connectivity index is 1.95. The number of hydrogen-bond donors (Lipinski definition) is 1. The first kappa shape index (κ1) is 22.5. The molecule has 0 saturated heterocycles. The van der Waals surface area contributed by atoms with Crippen LogP contribution in [0.15, 0.2) is 36.4 Å². The van der Waals surface area contributed by atoms with Crippen LogP contribution < -0.4 is 9.62 Å². The lowest BCUT2D eigenvalue weighted by molar-refractivity contribution is -0.121. The summed E-state index contributed by atoms with van der Waals surface area (Å²) >= 11 is 12.0. The highest BCUT2D eigenvalue weighted by Crippen LogP contribution is 2.25. The summed E-state index contributed by atoms with van der Waals surface area (Å²) in [6, 6.07) is 10.7. The number of sulfonamides is 1. The maximum Gasteiger partial charge on any atom is 0.232 e. The minimum atomic E-state index is -3.45. The Hall–Kier alpha value is -1.76. The van der Waals surface area contributed by atoms with Crippen molar-refractivity contribution in [3.63, 3.8) is 0 Å². The summed E-state index contributed by atoms with van der Waals surface area (Å²) in [4.78, 5) is 12.1.